The summed E-state index contributed by atoms with van der Waals surface area (Å²) in [5.41, 5.74) is -0.307. The molecule has 1 unspecified atom stereocenters. The first-order valence-electron chi connectivity index (χ1n) is 8.76. The Labute approximate surface area is 147 Å². The maximum atomic E-state index is 12.9. The highest BCUT2D eigenvalue weighted by molar-refractivity contribution is 6.14. The Kier molecular flexibility index (Phi) is 4.79. The molecule has 1 atom stereocenters. The third-order valence-corrected chi connectivity index (χ3v) is 5.12. The lowest BCUT2D eigenvalue weighted by atomic mass is 9.96. The van der Waals surface area contributed by atoms with Gasteiger partial charge in [-0.2, -0.15) is 0 Å². The Balaban J connectivity index is 1.75. The van der Waals surface area contributed by atoms with Crippen molar-refractivity contribution < 1.29 is 19.1 Å². The SMILES string of the molecule is COC(=O)c1ccccc1NC(=O)C1(C(=O)N2CCCC(C)C2)CC1. The summed E-state index contributed by atoms with van der Waals surface area (Å²) in [6.45, 7) is 3.56. The lowest BCUT2D eigenvalue weighted by Crippen LogP contribution is -2.47. The summed E-state index contributed by atoms with van der Waals surface area (Å²) in [5.74, 6) is -0.451. The van der Waals surface area contributed by atoms with Crippen molar-refractivity contribution in [3.8, 4) is 0 Å². The number of benzene rings is 1. The molecule has 2 aliphatic rings. The molecule has 134 valence electrons. The highest BCUT2D eigenvalue weighted by Crippen LogP contribution is 2.48. The first-order chi connectivity index (χ1) is 12.0. The second kappa shape index (κ2) is 6.86. The maximum absolute atomic E-state index is 12.9. The maximum Gasteiger partial charge on any atom is 0.339 e. The predicted molar refractivity (Wildman–Crippen MR) is 93.1 cm³/mol. The fraction of sp³-hybridized carbons (Fsp3) is 0.526. The standard InChI is InChI=1S/C19H24N2O4/c1-13-6-5-11-21(12-13)18(24)19(9-10-19)17(23)20-15-8-4-3-7-14(15)16(22)25-2/h3-4,7-8,13H,5-6,9-12H2,1-2H3,(H,20,23). The first kappa shape index (κ1) is 17.5. The molecule has 1 aliphatic heterocycles. The molecule has 3 rings (SSSR count). The van der Waals surface area contributed by atoms with Crippen molar-refractivity contribution in [1.82, 2.24) is 4.90 Å². The fourth-order valence-corrected chi connectivity index (χ4v) is 3.46. The smallest absolute Gasteiger partial charge is 0.339 e. The Morgan fingerprint density at radius 2 is 1.96 bits per heavy atom. The van der Waals surface area contributed by atoms with Crippen LogP contribution in [-0.4, -0.2) is 42.9 Å². The van der Waals surface area contributed by atoms with Gasteiger partial charge in [-0.3, -0.25) is 9.59 Å². The number of esters is 1. The van der Waals surface area contributed by atoms with Gasteiger partial charge in [0, 0.05) is 13.1 Å². The summed E-state index contributed by atoms with van der Waals surface area (Å²) >= 11 is 0. The molecule has 1 N–H and O–H groups in total. The van der Waals surface area contributed by atoms with Gasteiger partial charge in [0.15, 0.2) is 0 Å². The van der Waals surface area contributed by atoms with Crippen molar-refractivity contribution >= 4 is 23.5 Å². The lowest BCUT2D eigenvalue weighted by molar-refractivity contribution is -0.143. The molecule has 1 aromatic rings. The number of anilines is 1. The molecule has 2 fully saturated rings. The van der Waals surface area contributed by atoms with Crippen LogP contribution in [0.25, 0.3) is 0 Å². The quantitative estimate of drug-likeness (QED) is 0.672. The lowest BCUT2D eigenvalue weighted by Gasteiger charge is -2.33. The van der Waals surface area contributed by atoms with Gasteiger partial charge < -0.3 is 15.0 Å². The van der Waals surface area contributed by atoms with E-state index < -0.39 is 11.4 Å². The minimum atomic E-state index is -0.972. The third-order valence-electron chi connectivity index (χ3n) is 5.12. The van der Waals surface area contributed by atoms with Gasteiger partial charge in [0.1, 0.15) is 5.41 Å². The predicted octanol–water partition coefficient (Wildman–Crippen LogP) is 2.45. The number of rotatable bonds is 4. The van der Waals surface area contributed by atoms with Crippen molar-refractivity contribution in [2.75, 3.05) is 25.5 Å². The van der Waals surface area contributed by atoms with Crippen LogP contribution in [0.3, 0.4) is 0 Å². The summed E-state index contributed by atoms with van der Waals surface area (Å²) in [6, 6.07) is 6.67. The van der Waals surface area contributed by atoms with Crippen molar-refractivity contribution in [3.05, 3.63) is 29.8 Å². The van der Waals surface area contributed by atoms with Crippen LogP contribution >= 0.6 is 0 Å². The van der Waals surface area contributed by atoms with Crippen LogP contribution in [0.5, 0.6) is 0 Å². The number of hydrogen-bond acceptors (Lipinski definition) is 4. The van der Waals surface area contributed by atoms with E-state index >= 15 is 0 Å². The number of likely N-dealkylation sites (tertiary alicyclic amines) is 1. The van der Waals surface area contributed by atoms with Gasteiger partial charge in [0.2, 0.25) is 11.8 Å². The fourth-order valence-electron chi connectivity index (χ4n) is 3.46. The Morgan fingerprint density at radius 1 is 1.24 bits per heavy atom. The number of piperidine rings is 1. The van der Waals surface area contributed by atoms with Gasteiger partial charge in [-0.15, -0.1) is 0 Å². The topological polar surface area (TPSA) is 75.7 Å². The number of ether oxygens (including phenoxy) is 1. The molecule has 0 spiro atoms. The average molecular weight is 344 g/mol. The molecule has 1 heterocycles. The summed E-state index contributed by atoms with van der Waals surface area (Å²) in [4.78, 5) is 39.4. The Morgan fingerprint density at radius 3 is 2.60 bits per heavy atom. The largest absolute Gasteiger partial charge is 0.465 e. The number of hydrogen-bond donors (Lipinski definition) is 1. The van der Waals surface area contributed by atoms with Gasteiger partial charge in [-0.05, 0) is 43.7 Å². The molecule has 1 aromatic carbocycles. The number of amides is 2. The highest BCUT2D eigenvalue weighted by Gasteiger charge is 2.58. The molecule has 0 bridgehead atoms. The van der Waals surface area contributed by atoms with Crippen LogP contribution < -0.4 is 5.32 Å². The number of para-hydroxylation sites is 1. The molecular weight excluding hydrogens is 320 g/mol. The van der Waals surface area contributed by atoms with E-state index in [0.717, 1.165) is 19.4 Å². The number of carbonyl (C=O) groups excluding carboxylic acids is 3. The molecule has 0 radical (unpaired) electrons. The Bertz CT molecular complexity index is 696. The summed E-state index contributed by atoms with van der Waals surface area (Å²) in [6.07, 6.45) is 3.22. The van der Waals surface area contributed by atoms with E-state index in [9.17, 15) is 14.4 Å². The number of carbonyl (C=O) groups is 3. The summed E-state index contributed by atoms with van der Waals surface area (Å²) in [5, 5.41) is 2.77. The molecule has 0 aromatic heterocycles. The second-order valence-corrected chi connectivity index (χ2v) is 7.07. The van der Waals surface area contributed by atoms with Crippen LogP contribution in [0.1, 0.15) is 43.0 Å². The third kappa shape index (κ3) is 3.38. The van der Waals surface area contributed by atoms with E-state index in [-0.39, 0.29) is 17.4 Å². The van der Waals surface area contributed by atoms with Crippen molar-refractivity contribution in [1.29, 1.82) is 0 Å². The molecule has 2 amide bonds. The van der Waals surface area contributed by atoms with E-state index in [4.69, 9.17) is 4.74 Å². The van der Waals surface area contributed by atoms with E-state index in [1.807, 2.05) is 4.90 Å². The number of nitrogens with one attached hydrogen (secondary N) is 1. The molecule has 25 heavy (non-hydrogen) atoms. The minimum absolute atomic E-state index is 0.0768. The van der Waals surface area contributed by atoms with Crippen LogP contribution in [0.15, 0.2) is 24.3 Å². The summed E-state index contributed by atoms with van der Waals surface area (Å²) < 4.78 is 4.75. The monoisotopic (exact) mass is 344 g/mol. The number of methoxy groups -OCH3 is 1. The second-order valence-electron chi connectivity index (χ2n) is 7.07. The van der Waals surface area contributed by atoms with E-state index in [0.29, 0.717) is 31.0 Å². The van der Waals surface area contributed by atoms with Crippen LogP contribution in [0.4, 0.5) is 5.69 Å². The van der Waals surface area contributed by atoms with Gasteiger partial charge in [0.25, 0.3) is 0 Å². The summed E-state index contributed by atoms with van der Waals surface area (Å²) in [7, 11) is 1.30. The zero-order chi connectivity index (χ0) is 18.0. The van der Waals surface area contributed by atoms with E-state index in [2.05, 4.69) is 12.2 Å². The molecule has 6 nitrogen and oxygen atoms in total. The molecular formula is C19H24N2O4. The van der Waals surface area contributed by atoms with Crippen molar-refractivity contribution in [2.24, 2.45) is 11.3 Å². The highest BCUT2D eigenvalue weighted by atomic mass is 16.5. The Hall–Kier alpha value is -2.37. The first-order valence-corrected chi connectivity index (χ1v) is 8.76. The molecule has 1 saturated heterocycles. The van der Waals surface area contributed by atoms with E-state index in [1.54, 1.807) is 24.3 Å². The van der Waals surface area contributed by atoms with Crippen LogP contribution in [-0.2, 0) is 14.3 Å². The zero-order valence-electron chi connectivity index (χ0n) is 14.7. The van der Waals surface area contributed by atoms with Gasteiger partial charge in [-0.25, -0.2) is 4.79 Å². The van der Waals surface area contributed by atoms with Crippen LogP contribution in [0, 0.1) is 11.3 Å². The average Bonchev–Trinajstić information content (AvgIpc) is 3.43. The van der Waals surface area contributed by atoms with Gasteiger partial charge in [-0.1, -0.05) is 19.1 Å². The van der Waals surface area contributed by atoms with Crippen molar-refractivity contribution in [3.63, 3.8) is 0 Å². The molecule has 6 heteroatoms. The van der Waals surface area contributed by atoms with Crippen molar-refractivity contribution in [2.45, 2.75) is 32.6 Å². The van der Waals surface area contributed by atoms with Gasteiger partial charge >= 0.3 is 5.97 Å². The van der Waals surface area contributed by atoms with Gasteiger partial charge in [0.05, 0.1) is 18.4 Å². The molecule has 1 saturated carbocycles. The van der Waals surface area contributed by atoms with Crippen LogP contribution in [0.2, 0.25) is 0 Å². The normalized spacial score (nSPS) is 21.4. The minimum Gasteiger partial charge on any atom is -0.465 e. The zero-order valence-corrected chi connectivity index (χ0v) is 14.7. The van der Waals surface area contributed by atoms with E-state index in [1.165, 1.54) is 7.11 Å². The molecule has 1 aliphatic carbocycles. The number of nitrogens with zero attached hydrogens (tertiary/aromatic N) is 1.